The zero-order chi connectivity index (χ0) is 13.3. The first kappa shape index (κ1) is 12.9. The van der Waals surface area contributed by atoms with E-state index in [0.29, 0.717) is 5.82 Å². The average molecular weight is 262 g/mol. The van der Waals surface area contributed by atoms with Gasteiger partial charge in [-0.2, -0.15) is 13.2 Å². The van der Waals surface area contributed by atoms with Gasteiger partial charge in [-0.05, 0) is 13.3 Å². The average Bonchev–Trinajstić information content (AvgIpc) is 2.70. The van der Waals surface area contributed by atoms with Crippen LogP contribution in [0, 0.1) is 5.92 Å². The number of carbonyl (C=O) groups is 1. The molecule has 4 nitrogen and oxygen atoms in total. The lowest BCUT2D eigenvalue weighted by molar-refractivity contribution is -0.182. The molecule has 1 atom stereocenters. The van der Waals surface area contributed by atoms with Crippen molar-refractivity contribution < 1.29 is 22.7 Å². The standard InChI is InChI=1S/C11H13F3N2O2/c1-2-18-10(17)8-6-16-5-7(11(12,13)14)3-4-9(16)15-8/h6-7H,2-5H2,1H3. The van der Waals surface area contributed by atoms with E-state index in [1.54, 1.807) is 6.92 Å². The van der Waals surface area contributed by atoms with E-state index in [0.717, 1.165) is 0 Å². The third-order valence-corrected chi connectivity index (χ3v) is 2.94. The van der Waals surface area contributed by atoms with E-state index in [-0.39, 0.29) is 31.7 Å². The van der Waals surface area contributed by atoms with Gasteiger partial charge in [-0.15, -0.1) is 0 Å². The highest BCUT2D eigenvalue weighted by molar-refractivity contribution is 5.87. The van der Waals surface area contributed by atoms with Crippen LogP contribution in [0.15, 0.2) is 6.20 Å². The first-order valence-electron chi connectivity index (χ1n) is 5.71. The largest absolute Gasteiger partial charge is 0.461 e. The van der Waals surface area contributed by atoms with Crippen molar-refractivity contribution >= 4 is 5.97 Å². The highest BCUT2D eigenvalue weighted by atomic mass is 19.4. The summed E-state index contributed by atoms with van der Waals surface area (Å²) in [6.07, 6.45) is -2.62. The van der Waals surface area contributed by atoms with Crippen LogP contribution in [0.2, 0.25) is 0 Å². The maximum Gasteiger partial charge on any atom is 0.393 e. The van der Waals surface area contributed by atoms with E-state index >= 15 is 0 Å². The summed E-state index contributed by atoms with van der Waals surface area (Å²) in [5.74, 6) is -1.45. The Hall–Kier alpha value is -1.53. The highest BCUT2D eigenvalue weighted by Gasteiger charge is 2.41. The van der Waals surface area contributed by atoms with E-state index in [4.69, 9.17) is 4.74 Å². The predicted molar refractivity (Wildman–Crippen MR) is 56.0 cm³/mol. The Balaban J connectivity index is 2.16. The van der Waals surface area contributed by atoms with Gasteiger partial charge in [-0.1, -0.05) is 0 Å². The minimum atomic E-state index is -4.20. The van der Waals surface area contributed by atoms with E-state index in [2.05, 4.69) is 4.98 Å². The number of alkyl halides is 3. The Morgan fingerprint density at radius 3 is 2.94 bits per heavy atom. The summed E-state index contributed by atoms with van der Waals surface area (Å²) in [6, 6.07) is 0. The van der Waals surface area contributed by atoms with Crippen LogP contribution in [-0.2, 0) is 17.7 Å². The van der Waals surface area contributed by atoms with Gasteiger partial charge in [0.15, 0.2) is 5.69 Å². The topological polar surface area (TPSA) is 44.1 Å². The fourth-order valence-electron chi connectivity index (χ4n) is 2.01. The van der Waals surface area contributed by atoms with Crippen molar-refractivity contribution in [2.75, 3.05) is 6.61 Å². The summed E-state index contributed by atoms with van der Waals surface area (Å²) in [7, 11) is 0. The van der Waals surface area contributed by atoms with Gasteiger partial charge in [-0.3, -0.25) is 0 Å². The molecule has 0 saturated carbocycles. The number of rotatable bonds is 2. The number of hydrogen-bond donors (Lipinski definition) is 0. The summed E-state index contributed by atoms with van der Waals surface area (Å²) >= 11 is 0. The molecule has 0 N–H and O–H groups in total. The quantitative estimate of drug-likeness (QED) is 0.767. The predicted octanol–water partition coefficient (Wildman–Crippen LogP) is 2.18. The van der Waals surface area contributed by atoms with Crippen LogP contribution in [0.1, 0.15) is 29.7 Å². The number of imidazole rings is 1. The fourth-order valence-corrected chi connectivity index (χ4v) is 2.01. The molecule has 1 unspecified atom stereocenters. The van der Waals surface area contributed by atoms with Gasteiger partial charge >= 0.3 is 12.1 Å². The Morgan fingerprint density at radius 2 is 2.33 bits per heavy atom. The van der Waals surface area contributed by atoms with Gasteiger partial charge in [0.05, 0.1) is 12.5 Å². The molecule has 1 aliphatic heterocycles. The van der Waals surface area contributed by atoms with Crippen LogP contribution in [0.5, 0.6) is 0 Å². The summed E-state index contributed by atoms with van der Waals surface area (Å²) in [6.45, 7) is 1.70. The van der Waals surface area contributed by atoms with Crippen LogP contribution in [-0.4, -0.2) is 28.3 Å². The third kappa shape index (κ3) is 2.49. The smallest absolute Gasteiger partial charge is 0.393 e. The lowest BCUT2D eigenvalue weighted by Gasteiger charge is -2.25. The first-order chi connectivity index (χ1) is 8.41. The Bertz CT molecular complexity index is 454. The number of ether oxygens (including phenoxy) is 1. The molecule has 0 aliphatic carbocycles. The number of hydrogen-bond acceptors (Lipinski definition) is 3. The molecule has 2 rings (SSSR count). The molecule has 7 heteroatoms. The van der Waals surface area contributed by atoms with Gasteiger partial charge in [0, 0.05) is 19.2 Å². The van der Waals surface area contributed by atoms with Crippen LogP contribution < -0.4 is 0 Å². The van der Waals surface area contributed by atoms with Crippen molar-refractivity contribution in [1.29, 1.82) is 0 Å². The molecule has 1 aromatic heterocycles. The lowest BCUT2D eigenvalue weighted by atomic mass is 9.99. The van der Waals surface area contributed by atoms with Gasteiger partial charge in [-0.25, -0.2) is 9.78 Å². The summed E-state index contributed by atoms with van der Waals surface area (Å²) in [5, 5.41) is 0. The molecular weight excluding hydrogens is 249 g/mol. The van der Waals surface area contributed by atoms with Crippen LogP contribution >= 0.6 is 0 Å². The fraction of sp³-hybridized carbons (Fsp3) is 0.636. The second-order valence-electron chi connectivity index (χ2n) is 4.19. The Labute approximate surface area is 102 Å². The van der Waals surface area contributed by atoms with E-state index < -0.39 is 18.1 Å². The van der Waals surface area contributed by atoms with Crippen molar-refractivity contribution in [2.24, 2.45) is 5.92 Å². The second-order valence-corrected chi connectivity index (χ2v) is 4.19. The molecule has 0 aromatic carbocycles. The van der Waals surface area contributed by atoms with E-state index in [1.165, 1.54) is 10.8 Å². The van der Waals surface area contributed by atoms with Gasteiger partial charge in [0.1, 0.15) is 5.82 Å². The molecule has 1 aliphatic rings. The normalized spacial score (nSPS) is 19.4. The van der Waals surface area contributed by atoms with E-state index in [9.17, 15) is 18.0 Å². The van der Waals surface area contributed by atoms with Gasteiger partial charge < -0.3 is 9.30 Å². The zero-order valence-electron chi connectivity index (χ0n) is 9.83. The summed E-state index contributed by atoms with van der Waals surface area (Å²) in [4.78, 5) is 15.4. The summed E-state index contributed by atoms with van der Waals surface area (Å²) < 4.78 is 43.9. The Morgan fingerprint density at radius 1 is 1.61 bits per heavy atom. The van der Waals surface area contributed by atoms with Crippen molar-refractivity contribution in [1.82, 2.24) is 9.55 Å². The maximum atomic E-state index is 12.6. The molecule has 0 radical (unpaired) electrons. The highest BCUT2D eigenvalue weighted by Crippen LogP contribution is 2.34. The third-order valence-electron chi connectivity index (χ3n) is 2.94. The SMILES string of the molecule is CCOC(=O)c1cn2c(n1)CCC(C(F)(F)F)C2. The van der Waals surface area contributed by atoms with Gasteiger partial charge in [0.2, 0.25) is 0 Å². The van der Waals surface area contributed by atoms with Crippen molar-refractivity contribution in [2.45, 2.75) is 32.5 Å². The molecule has 0 saturated heterocycles. The number of nitrogens with zero attached hydrogens (tertiary/aromatic N) is 2. The van der Waals surface area contributed by atoms with Crippen LogP contribution in [0.3, 0.4) is 0 Å². The van der Waals surface area contributed by atoms with Crippen LogP contribution in [0.25, 0.3) is 0 Å². The number of aryl methyl sites for hydroxylation is 1. The lowest BCUT2D eigenvalue weighted by Crippen LogP contribution is -2.31. The molecule has 0 spiro atoms. The minimum absolute atomic E-state index is 0.0166. The van der Waals surface area contributed by atoms with Crippen molar-refractivity contribution in [3.63, 3.8) is 0 Å². The molecule has 0 amide bonds. The molecular formula is C11H13F3N2O2. The minimum Gasteiger partial charge on any atom is -0.461 e. The molecule has 100 valence electrons. The maximum absolute atomic E-state index is 12.6. The molecule has 1 aromatic rings. The van der Waals surface area contributed by atoms with Gasteiger partial charge in [0.25, 0.3) is 0 Å². The van der Waals surface area contributed by atoms with Crippen LogP contribution in [0.4, 0.5) is 13.2 Å². The summed E-state index contributed by atoms with van der Waals surface area (Å²) in [5.41, 5.74) is 0.0784. The number of fused-ring (bicyclic) bond motifs is 1. The number of aromatic nitrogens is 2. The Kier molecular flexibility index (Phi) is 3.32. The van der Waals surface area contributed by atoms with Crippen molar-refractivity contribution in [3.8, 4) is 0 Å². The monoisotopic (exact) mass is 262 g/mol. The van der Waals surface area contributed by atoms with Crippen molar-refractivity contribution in [3.05, 3.63) is 17.7 Å². The molecule has 2 heterocycles. The molecule has 18 heavy (non-hydrogen) atoms. The first-order valence-corrected chi connectivity index (χ1v) is 5.71. The molecule has 0 bridgehead atoms. The zero-order valence-corrected chi connectivity index (χ0v) is 9.83. The molecule has 0 fully saturated rings. The second kappa shape index (κ2) is 4.62. The number of carbonyl (C=O) groups excluding carboxylic acids is 1. The number of halogens is 3. The number of esters is 1. The van der Waals surface area contributed by atoms with E-state index in [1.807, 2.05) is 0 Å².